The molecule has 0 unspecified atom stereocenters. The van der Waals surface area contributed by atoms with Gasteiger partial charge in [0.05, 0.1) is 6.61 Å². The van der Waals surface area contributed by atoms with Crippen LogP contribution >= 0.6 is 11.3 Å². The van der Waals surface area contributed by atoms with E-state index in [1.807, 2.05) is 6.92 Å². The van der Waals surface area contributed by atoms with Crippen LogP contribution in [0.2, 0.25) is 0 Å². The van der Waals surface area contributed by atoms with E-state index >= 15 is 0 Å². The Morgan fingerprint density at radius 1 is 1.25 bits per heavy atom. The fourth-order valence-electron chi connectivity index (χ4n) is 2.34. The average Bonchev–Trinajstić information content (AvgIpc) is 3.08. The number of aromatic nitrogens is 3. The number of nitrogens with one attached hydrogen (secondary N) is 1. The molecule has 28 heavy (non-hydrogen) atoms. The number of nitrogens with zero attached hydrogens (tertiary/aromatic N) is 3. The van der Waals surface area contributed by atoms with Crippen molar-refractivity contribution in [3.05, 3.63) is 57.0 Å². The smallest absolute Gasteiger partial charge is 0.325 e. The van der Waals surface area contributed by atoms with Gasteiger partial charge in [-0.3, -0.25) is 14.4 Å². The molecule has 0 aliphatic rings. The van der Waals surface area contributed by atoms with E-state index in [4.69, 9.17) is 9.47 Å². The van der Waals surface area contributed by atoms with E-state index < -0.39 is 11.9 Å². The van der Waals surface area contributed by atoms with Crippen LogP contribution in [0.5, 0.6) is 5.75 Å². The third kappa shape index (κ3) is 4.71. The molecule has 3 aromatic rings. The molecule has 146 valence electrons. The summed E-state index contributed by atoms with van der Waals surface area (Å²) in [5.41, 5.74) is 0.705. The number of ether oxygens (including phenoxy) is 2. The van der Waals surface area contributed by atoms with Crippen molar-refractivity contribution in [1.29, 1.82) is 0 Å². The Bertz CT molecular complexity index is 1060. The summed E-state index contributed by atoms with van der Waals surface area (Å²) >= 11 is 1.16. The van der Waals surface area contributed by atoms with E-state index in [9.17, 15) is 14.4 Å². The number of benzene rings is 1. The summed E-state index contributed by atoms with van der Waals surface area (Å²) in [5.74, 6) is -0.348. The Morgan fingerprint density at radius 2 is 2.00 bits per heavy atom. The monoisotopic (exact) mass is 402 g/mol. The molecule has 3 rings (SSSR count). The van der Waals surface area contributed by atoms with Gasteiger partial charge in [0.2, 0.25) is 4.96 Å². The summed E-state index contributed by atoms with van der Waals surface area (Å²) in [6.07, 6.45) is 0. The number of rotatable bonds is 7. The van der Waals surface area contributed by atoms with Gasteiger partial charge < -0.3 is 14.8 Å². The minimum absolute atomic E-state index is 0.107. The van der Waals surface area contributed by atoms with E-state index in [1.54, 1.807) is 31.2 Å². The highest BCUT2D eigenvalue weighted by Gasteiger charge is 2.12. The first-order chi connectivity index (χ1) is 13.5. The van der Waals surface area contributed by atoms with Crippen LogP contribution in [-0.4, -0.2) is 39.6 Å². The fourth-order valence-corrected chi connectivity index (χ4v) is 3.19. The lowest BCUT2D eigenvalue weighted by Gasteiger charge is -2.06. The number of hydrogen-bond donors (Lipinski definition) is 1. The number of esters is 1. The number of carbonyl (C=O) groups excluding carboxylic acids is 2. The largest absolute Gasteiger partial charge is 0.494 e. The molecule has 0 saturated carbocycles. The van der Waals surface area contributed by atoms with Crippen LogP contribution in [0.4, 0.5) is 0 Å². The summed E-state index contributed by atoms with van der Waals surface area (Å²) in [7, 11) is 0. The zero-order valence-corrected chi connectivity index (χ0v) is 16.1. The lowest BCUT2D eigenvalue weighted by molar-refractivity contribution is -0.143. The second-order valence-electron chi connectivity index (χ2n) is 5.73. The first-order valence-corrected chi connectivity index (χ1v) is 9.31. The van der Waals surface area contributed by atoms with Crippen molar-refractivity contribution in [3.8, 4) is 5.75 Å². The highest BCUT2D eigenvalue weighted by Crippen LogP contribution is 2.13. The summed E-state index contributed by atoms with van der Waals surface area (Å²) in [6, 6.07) is 7.96. The standard InChI is InChI=1S/C18H18N4O5S/c1-3-26-13-6-4-12(5-7-13)17(25)19-9-16(24)27-10-14-21-22-15(23)8-11(2)20-18(22)28-14/h4-8H,3,9-10H2,1-2H3,(H,19,25). The molecule has 1 aromatic carbocycles. The maximum atomic E-state index is 12.1. The van der Waals surface area contributed by atoms with Crippen LogP contribution in [0.25, 0.3) is 4.96 Å². The molecule has 0 saturated heterocycles. The number of hydrogen-bond acceptors (Lipinski definition) is 8. The van der Waals surface area contributed by atoms with Crippen LogP contribution in [-0.2, 0) is 16.1 Å². The lowest BCUT2D eigenvalue weighted by Crippen LogP contribution is -2.30. The van der Waals surface area contributed by atoms with E-state index in [2.05, 4.69) is 15.4 Å². The van der Waals surface area contributed by atoms with Gasteiger partial charge in [-0.05, 0) is 38.1 Å². The van der Waals surface area contributed by atoms with Gasteiger partial charge in [0.25, 0.3) is 11.5 Å². The zero-order valence-electron chi connectivity index (χ0n) is 15.3. The second-order valence-corrected chi connectivity index (χ2v) is 6.77. The van der Waals surface area contributed by atoms with E-state index in [-0.39, 0.29) is 18.7 Å². The molecule has 0 fully saturated rings. The first-order valence-electron chi connectivity index (χ1n) is 8.49. The Morgan fingerprint density at radius 3 is 2.71 bits per heavy atom. The highest BCUT2D eigenvalue weighted by molar-refractivity contribution is 7.16. The van der Waals surface area contributed by atoms with Crippen LogP contribution in [0, 0.1) is 6.92 Å². The Labute approximate surface area is 163 Å². The van der Waals surface area contributed by atoms with Crippen LogP contribution < -0.4 is 15.6 Å². The van der Waals surface area contributed by atoms with Crippen molar-refractivity contribution < 1.29 is 19.1 Å². The van der Waals surface area contributed by atoms with Gasteiger partial charge in [0.15, 0.2) is 5.01 Å². The summed E-state index contributed by atoms with van der Waals surface area (Å²) < 4.78 is 11.6. The summed E-state index contributed by atoms with van der Waals surface area (Å²) in [5, 5.41) is 7.00. The van der Waals surface area contributed by atoms with E-state index in [0.29, 0.717) is 33.6 Å². The van der Waals surface area contributed by atoms with E-state index in [1.165, 1.54) is 6.07 Å². The Kier molecular flexibility index (Phi) is 5.99. The van der Waals surface area contributed by atoms with Gasteiger partial charge in [0.1, 0.15) is 18.9 Å². The molecule has 2 aromatic heterocycles. The van der Waals surface area contributed by atoms with Crippen molar-refractivity contribution in [2.24, 2.45) is 0 Å². The Hall–Kier alpha value is -3.27. The molecule has 1 amide bonds. The van der Waals surface area contributed by atoms with Crippen LogP contribution in [0.1, 0.15) is 28.0 Å². The van der Waals surface area contributed by atoms with Crippen LogP contribution in [0.3, 0.4) is 0 Å². The topological polar surface area (TPSA) is 112 Å². The normalized spacial score (nSPS) is 10.6. The minimum Gasteiger partial charge on any atom is -0.494 e. The molecule has 0 aliphatic carbocycles. The van der Waals surface area contributed by atoms with Crippen molar-refractivity contribution in [3.63, 3.8) is 0 Å². The quantitative estimate of drug-likeness (QED) is 0.593. The van der Waals surface area contributed by atoms with Crippen molar-refractivity contribution in [1.82, 2.24) is 19.9 Å². The number of carbonyl (C=O) groups is 2. The molecule has 2 heterocycles. The lowest BCUT2D eigenvalue weighted by atomic mass is 10.2. The number of aryl methyl sites for hydroxylation is 1. The minimum atomic E-state index is -0.616. The molecular formula is C18H18N4O5S. The highest BCUT2D eigenvalue weighted by atomic mass is 32.1. The van der Waals surface area contributed by atoms with Gasteiger partial charge in [-0.1, -0.05) is 11.3 Å². The third-order valence-corrected chi connectivity index (χ3v) is 4.47. The van der Waals surface area contributed by atoms with E-state index in [0.717, 1.165) is 15.9 Å². The predicted molar refractivity (Wildman–Crippen MR) is 102 cm³/mol. The summed E-state index contributed by atoms with van der Waals surface area (Å²) in [4.78, 5) is 40.4. The maximum Gasteiger partial charge on any atom is 0.325 e. The molecule has 1 N–H and O–H groups in total. The average molecular weight is 402 g/mol. The third-order valence-electron chi connectivity index (χ3n) is 3.59. The molecule has 0 spiro atoms. The van der Waals surface area contributed by atoms with Crippen molar-refractivity contribution in [2.45, 2.75) is 20.5 Å². The van der Waals surface area contributed by atoms with Gasteiger partial charge in [0, 0.05) is 17.3 Å². The molecular weight excluding hydrogens is 384 g/mol. The second kappa shape index (κ2) is 8.61. The van der Waals surface area contributed by atoms with Gasteiger partial charge >= 0.3 is 5.97 Å². The predicted octanol–water partition coefficient (Wildman–Crippen LogP) is 1.33. The van der Waals surface area contributed by atoms with Gasteiger partial charge in [-0.15, -0.1) is 0 Å². The SMILES string of the molecule is CCOc1ccc(C(=O)NCC(=O)OCc2nn3c(=O)cc(C)nc3s2)cc1. The summed E-state index contributed by atoms with van der Waals surface area (Å²) in [6.45, 7) is 3.74. The molecule has 0 atom stereocenters. The number of fused-ring (bicyclic) bond motifs is 1. The zero-order chi connectivity index (χ0) is 20.1. The van der Waals surface area contributed by atoms with Gasteiger partial charge in [-0.25, -0.2) is 4.98 Å². The molecule has 10 heteroatoms. The molecule has 9 nitrogen and oxygen atoms in total. The first kappa shape index (κ1) is 19.5. The Balaban J connectivity index is 1.51. The number of amides is 1. The maximum absolute atomic E-state index is 12.1. The van der Waals surface area contributed by atoms with Crippen molar-refractivity contribution in [2.75, 3.05) is 13.2 Å². The van der Waals surface area contributed by atoms with Crippen molar-refractivity contribution >= 4 is 28.2 Å². The fraction of sp³-hybridized carbons (Fsp3) is 0.278. The van der Waals surface area contributed by atoms with Crippen LogP contribution in [0.15, 0.2) is 35.1 Å². The van der Waals surface area contributed by atoms with Gasteiger partial charge in [-0.2, -0.15) is 9.61 Å². The molecule has 0 radical (unpaired) electrons. The molecule has 0 bridgehead atoms. The molecule has 0 aliphatic heterocycles.